The molecule has 0 unspecified atom stereocenters. The highest BCUT2D eigenvalue weighted by Gasteiger charge is 2.25. The van der Waals surface area contributed by atoms with E-state index in [1.807, 2.05) is 31.2 Å². The van der Waals surface area contributed by atoms with Crippen molar-refractivity contribution in [3.63, 3.8) is 0 Å². The van der Waals surface area contributed by atoms with Gasteiger partial charge in [-0.1, -0.05) is 23.7 Å². The van der Waals surface area contributed by atoms with Crippen LogP contribution >= 0.6 is 11.6 Å². The molecule has 7 heteroatoms. The van der Waals surface area contributed by atoms with E-state index in [9.17, 15) is 9.18 Å². The second kappa shape index (κ2) is 7.12. The molecule has 0 atom stereocenters. The van der Waals surface area contributed by atoms with Crippen molar-refractivity contribution in [2.45, 2.75) is 6.92 Å². The summed E-state index contributed by atoms with van der Waals surface area (Å²) in [5.74, 6) is 0.216. The molecule has 138 valence electrons. The number of halogens is 2. The van der Waals surface area contributed by atoms with E-state index in [0.717, 1.165) is 22.5 Å². The van der Waals surface area contributed by atoms with Gasteiger partial charge in [-0.25, -0.2) is 14.4 Å². The Morgan fingerprint density at radius 1 is 1.04 bits per heavy atom. The molecule has 1 aliphatic rings. The van der Waals surface area contributed by atoms with Crippen LogP contribution < -0.4 is 4.90 Å². The summed E-state index contributed by atoms with van der Waals surface area (Å²) in [7, 11) is 0. The SMILES string of the molecule is Cc1nc2ccccc2nc1N1CCN(C(=O)c2ccc(F)cc2Cl)CC1. The van der Waals surface area contributed by atoms with E-state index in [4.69, 9.17) is 16.6 Å². The molecule has 2 aromatic carbocycles. The fourth-order valence-corrected chi connectivity index (χ4v) is 3.58. The molecule has 3 aromatic rings. The van der Waals surface area contributed by atoms with Crippen LogP contribution in [0.3, 0.4) is 0 Å². The molecule has 0 radical (unpaired) electrons. The quantitative estimate of drug-likeness (QED) is 0.676. The topological polar surface area (TPSA) is 49.3 Å². The summed E-state index contributed by atoms with van der Waals surface area (Å²) < 4.78 is 13.2. The molecule has 5 nitrogen and oxygen atoms in total. The van der Waals surface area contributed by atoms with Crippen molar-refractivity contribution < 1.29 is 9.18 Å². The van der Waals surface area contributed by atoms with Crippen LogP contribution in [0.1, 0.15) is 16.1 Å². The number of fused-ring (bicyclic) bond motifs is 1. The second-order valence-corrected chi connectivity index (χ2v) is 6.93. The average Bonchev–Trinajstić information content (AvgIpc) is 2.67. The molecule has 27 heavy (non-hydrogen) atoms. The van der Waals surface area contributed by atoms with Gasteiger partial charge in [0.25, 0.3) is 5.91 Å². The van der Waals surface area contributed by atoms with Gasteiger partial charge < -0.3 is 9.80 Å². The first-order valence-corrected chi connectivity index (χ1v) is 9.13. The van der Waals surface area contributed by atoms with Crippen molar-refractivity contribution in [2.75, 3.05) is 31.1 Å². The lowest BCUT2D eigenvalue weighted by atomic mass is 10.1. The van der Waals surface area contributed by atoms with Gasteiger partial charge in [0, 0.05) is 26.2 Å². The number of anilines is 1. The van der Waals surface area contributed by atoms with Crippen LogP contribution in [-0.4, -0.2) is 47.0 Å². The molecule has 2 heterocycles. The third-order valence-corrected chi connectivity index (χ3v) is 5.06. The van der Waals surface area contributed by atoms with Crippen LogP contribution in [0.2, 0.25) is 5.02 Å². The molecular formula is C20H18ClFN4O. The van der Waals surface area contributed by atoms with Gasteiger partial charge in [-0.15, -0.1) is 0 Å². The van der Waals surface area contributed by atoms with Crippen molar-refractivity contribution in [1.82, 2.24) is 14.9 Å². The Balaban J connectivity index is 1.50. The van der Waals surface area contributed by atoms with Crippen molar-refractivity contribution in [3.8, 4) is 0 Å². The molecule has 1 amide bonds. The van der Waals surface area contributed by atoms with Gasteiger partial charge in [0.1, 0.15) is 5.82 Å². The number of benzene rings is 2. The number of rotatable bonds is 2. The van der Waals surface area contributed by atoms with Gasteiger partial charge in [-0.2, -0.15) is 0 Å². The van der Waals surface area contributed by atoms with Crippen molar-refractivity contribution >= 4 is 34.4 Å². The summed E-state index contributed by atoms with van der Waals surface area (Å²) in [6, 6.07) is 11.6. The number of aryl methyl sites for hydroxylation is 1. The minimum absolute atomic E-state index is 0.138. The van der Waals surface area contributed by atoms with Crippen LogP contribution in [0.4, 0.5) is 10.2 Å². The molecule has 4 rings (SSSR count). The minimum atomic E-state index is -0.452. The van der Waals surface area contributed by atoms with Crippen molar-refractivity contribution in [2.24, 2.45) is 0 Å². The Morgan fingerprint density at radius 2 is 1.70 bits per heavy atom. The molecule has 1 aliphatic heterocycles. The summed E-state index contributed by atoms with van der Waals surface area (Å²) in [4.78, 5) is 26.0. The second-order valence-electron chi connectivity index (χ2n) is 6.52. The van der Waals surface area contributed by atoms with Crippen molar-refractivity contribution in [1.29, 1.82) is 0 Å². The largest absolute Gasteiger partial charge is 0.352 e. The maximum atomic E-state index is 13.2. The number of carbonyl (C=O) groups excluding carboxylic acids is 1. The first-order chi connectivity index (χ1) is 13.0. The van der Waals surface area contributed by atoms with Gasteiger partial charge in [0.2, 0.25) is 0 Å². The smallest absolute Gasteiger partial charge is 0.255 e. The molecule has 0 saturated carbocycles. The number of carbonyl (C=O) groups is 1. The molecule has 1 saturated heterocycles. The average molecular weight is 385 g/mol. The Bertz CT molecular complexity index is 1020. The number of hydrogen-bond acceptors (Lipinski definition) is 4. The Morgan fingerprint density at radius 3 is 2.37 bits per heavy atom. The van der Waals surface area contributed by atoms with Gasteiger partial charge in [0.05, 0.1) is 27.3 Å². The fraction of sp³-hybridized carbons (Fsp3) is 0.250. The van der Waals surface area contributed by atoms with Gasteiger partial charge in [0.15, 0.2) is 5.82 Å². The molecule has 0 spiro atoms. The van der Waals surface area contributed by atoms with E-state index < -0.39 is 5.82 Å². The highest BCUT2D eigenvalue weighted by Crippen LogP contribution is 2.23. The Hall–Kier alpha value is -2.73. The van der Waals surface area contributed by atoms with E-state index in [1.54, 1.807) is 4.90 Å². The van der Waals surface area contributed by atoms with E-state index >= 15 is 0 Å². The molecule has 0 N–H and O–H groups in total. The zero-order valence-corrected chi connectivity index (χ0v) is 15.6. The number of aromatic nitrogens is 2. The first kappa shape index (κ1) is 17.7. The summed E-state index contributed by atoms with van der Waals surface area (Å²) >= 11 is 6.03. The predicted molar refractivity (Wildman–Crippen MR) is 104 cm³/mol. The zero-order chi connectivity index (χ0) is 19.0. The molecule has 1 aromatic heterocycles. The van der Waals surface area contributed by atoms with Crippen LogP contribution in [-0.2, 0) is 0 Å². The minimum Gasteiger partial charge on any atom is -0.352 e. The summed E-state index contributed by atoms with van der Waals surface area (Å²) in [6.07, 6.45) is 0. The Labute approximate surface area is 161 Å². The maximum absolute atomic E-state index is 13.2. The molecular weight excluding hydrogens is 367 g/mol. The number of nitrogens with zero attached hydrogens (tertiary/aromatic N) is 4. The fourth-order valence-electron chi connectivity index (χ4n) is 3.33. The molecule has 0 bridgehead atoms. The van der Waals surface area contributed by atoms with Crippen LogP contribution in [0.25, 0.3) is 11.0 Å². The standard InChI is InChI=1S/C20H18ClFN4O/c1-13-19(24-18-5-3-2-4-17(18)23-13)25-8-10-26(11-9-25)20(27)15-7-6-14(22)12-16(15)21/h2-7,12H,8-11H2,1H3. The summed E-state index contributed by atoms with van der Waals surface area (Å²) in [5.41, 5.74) is 2.93. The van der Waals surface area contributed by atoms with Crippen LogP contribution in [0, 0.1) is 12.7 Å². The van der Waals surface area contributed by atoms with E-state index in [2.05, 4.69) is 9.88 Å². The monoisotopic (exact) mass is 384 g/mol. The maximum Gasteiger partial charge on any atom is 0.255 e. The van der Waals surface area contributed by atoms with Gasteiger partial charge in [-0.05, 0) is 37.3 Å². The third-order valence-electron chi connectivity index (χ3n) is 4.75. The van der Waals surface area contributed by atoms with Gasteiger partial charge in [-0.3, -0.25) is 4.79 Å². The van der Waals surface area contributed by atoms with Crippen molar-refractivity contribution in [3.05, 3.63) is 64.6 Å². The summed E-state index contributed by atoms with van der Waals surface area (Å²) in [6.45, 7) is 4.34. The lowest BCUT2D eigenvalue weighted by Crippen LogP contribution is -2.49. The number of piperazine rings is 1. The number of para-hydroxylation sites is 2. The van der Waals surface area contributed by atoms with Crippen LogP contribution in [0.5, 0.6) is 0 Å². The summed E-state index contributed by atoms with van der Waals surface area (Å²) in [5, 5.41) is 0.138. The lowest BCUT2D eigenvalue weighted by Gasteiger charge is -2.36. The highest BCUT2D eigenvalue weighted by molar-refractivity contribution is 6.33. The Kier molecular flexibility index (Phi) is 4.66. The molecule has 1 fully saturated rings. The van der Waals surface area contributed by atoms with Gasteiger partial charge >= 0.3 is 0 Å². The van der Waals surface area contributed by atoms with E-state index in [-0.39, 0.29) is 10.9 Å². The third kappa shape index (κ3) is 3.45. The van der Waals surface area contributed by atoms with Crippen LogP contribution in [0.15, 0.2) is 42.5 Å². The lowest BCUT2D eigenvalue weighted by molar-refractivity contribution is 0.0746. The predicted octanol–water partition coefficient (Wildman–Crippen LogP) is 3.69. The number of hydrogen-bond donors (Lipinski definition) is 0. The normalized spacial score (nSPS) is 14.6. The van der Waals surface area contributed by atoms with E-state index in [0.29, 0.717) is 31.7 Å². The molecule has 0 aliphatic carbocycles. The van der Waals surface area contributed by atoms with E-state index in [1.165, 1.54) is 18.2 Å². The zero-order valence-electron chi connectivity index (χ0n) is 14.8. The first-order valence-electron chi connectivity index (χ1n) is 8.75. The number of amides is 1. The highest BCUT2D eigenvalue weighted by atomic mass is 35.5.